The molecule has 4 nitrogen and oxygen atoms in total. The topological polar surface area (TPSA) is 41.6 Å². The number of nitrogens with zero attached hydrogens (tertiary/aromatic N) is 1. The lowest BCUT2D eigenvalue weighted by Gasteiger charge is -2.41. The Kier molecular flexibility index (Phi) is 3.72. The highest BCUT2D eigenvalue weighted by Gasteiger charge is 2.41. The van der Waals surface area contributed by atoms with Gasteiger partial charge in [0.05, 0.1) is 24.7 Å². The predicted octanol–water partition coefficient (Wildman–Crippen LogP) is 0.407. The van der Waals surface area contributed by atoms with E-state index in [4.69, 9.17) is 4.74 Å². The quantitative estimate of drug-likeness (QED) is 0.729. The second kappa shape index (κ2) is 4.90. The zero-order valence-electron chi connectivity index (χ0n) is 9.35. The molecule has 0 bridgehead atoms. The van der Waals surface area contributed by atoms with Gasteiger partial charge in [0.1, 0.15) is 0 Å². The van der Waals surface area contributed by atoms with E-state index >= 15 is 0 Å². The molecule has 2 heterocycles. The van der Waals surface area contributed by atoms with Gasteiger partial charge in [0.2, 0.25) is 5.91 Å². The molecule has 1 N–H and O–H groups in total. The van der Waals surface area contributed by atoms with Crippen molar-refractivity contribution in [3.05, 3.63) is 0 Å². The molecule has 1 amide bonds. The van der Waals surface area contributed by atoms with Crippen molar-refractivity contribution in [2.75, 3.05) is 26.2 Å². The van der Waals surface area contributed by atoms with Crippen LogP contribution in [0.5, 0.6) is 0 Å². The maximum absolute atomic E-state index is 12.2. The molecule has 3 aliphatic rings. The Morgan fingerprint density at radius 3 is 2.81 bits per heavy atom. The maximum atomic E-state index is 12.2. The summed E-state index contributed by atoms with van der Waals surface area (Å²) in [5.41, 5.74) is 0. The molecule has 3 fully saturated rings. The normalized spacial score (nSPS) is 33.9. The van der Waals surface area contributed by atoms with Crippen LogP contribution in [0.2, 0.25) is 0 Å². The molecule has 0 radical (unpaired) electrons. The highest BCUT2D eigenvalue weighted by Crippen LogP contribution is 2.30. The van der Waals surface area contributed by atoms with E-state index in [0.29, 0.717) is 18.1 Å². The molecule has 2 aliphatic heterocycles. The Morgan fingerprint density at radius 1 is 1.31 bits per heavy atom. The van der Waals surface area contributed by atoms with Crippen LogP contribution >= 0.6 is 12.4 Å². The van der Waals surface area contributed by atoms with Crippen LogP contribution in [0.15, 0.2) is 0 Å². The number of hydrogen-bond donors (Lipinski definition) is 1. The molecule has 2 unspecified atom stereocenters. The molecule has 1 aliphatic carbocycles. The van der Waals surface area contributed by atoms with Crippen LogP contribution in [0.3, 0.4) is 0 Å². The number of ether oxygens (including phenoxy) is 1. The molecule has 0 aromatic rings. The molecule has 2 saturated heterocycles. The van der Waals surface area contributed by atoms with Crippen molar-refractivity contribution in [3.63, 3.8) is 0 Å². The standard InChI is InChI=1S/C11H18N2O2.ClH/c14-11(8-6-12-7-8)13-4-5-15-10-3-1-2-9(10)13;/h8-10,12H,1-7H2;1H. The van der Waals surface area contributed by atoms with Crippen molar-refractivity contribution in [1.82, 2.24) is 10.2 Å². The van der Waals surface area contributed by atoms with Crippen LogP contribution in [0.1, 0.15) is 19.3 Å². The number of fused-ring (bicyclic) bond motifs is 1. The van der Waals surface area contributed by atoms with Crippen molar-refractivity contribution >= 4 is 18.3 Å². The number of amides is 1. The van der Waals surface area contributed by atoms with E-state index in [1.54, 1.807) is 0 Å². The molecular formula is C11H19ClN2O2. The lowest BCUT2D eigenvalue weighted by molar-refractivity contribution is -0.149. The molecular weight excluding hydrogens is 228 g/mol. The minimum Gasteiger partial charge on any atom is -0.374 e. The van der Waals surface area contributed by atoms with E-state index in [-0.39, 0.29) is 18.3 Å². The van der Waals surface area contributed by atoms with Gasteiger partial charge in [-0.2, -0.15) is 0 Å². The first kappa shape index (κ1) is 12.1. The minimum absolute atomic E-state index is 0. The van der Waals surface area contributed by atoms with Gasteiger partial charge in [-0.25, -0.2) is 0 Å². The summed E-state index contributed by atoms with van der Waals surface area (Å²) >= 11 is 0. The van der Waals surface area contributed by atoms with Crippen molar-refractivity contribution < 1.29 is 9.53 Å². The van der Waals surface area contributed by atoms with Gasteiger partial charge in [-0.1, -0.05) is 0 Å². The van der Waals surface area contributed by atoms with Crippen LogP contribution < -0.4 is 5.32 Å². The zero-order valence-corrected chi connectivity index (χ0v) is 10.2. The number of halogens is 1. The average molecular weight is 247 g/mol. The minimum atomic E-state index is 0. The molecule has 1 saturated carbocycles. The van der Waals surface area contributed by atoms with E-state index in [0.717, 1.165) is 39.1 Å². The third-order valence-electron chi connectivity index (χ3n) is 3.90. The SMILES string of the molecule is Cl.O=C(C1CNC1)N1CCOC2CCCC21. The number of rotatable bonds is 1. The largest absolute Gasteiger partial charge is 0.374 e. The molecule has 92 valence electrons. The molecule has 0 spiro atoms. The molecule has 16 heavy (non-hydrogen) atoms. The second-order valence-corrected chi connectivity index (χ2v) is 4.79. The lowest BCUT2D eigenvalue weighted by atomic mass is 9.99. The predicted molar refractivity (Wildman–Crippen MR) is 62.7 cm³/mol. The number of morpholine rings is 1. The van der Waals surface area contributed by atoms with Crippen LogP contribution in [0.25, 0.3) is 0 Å². The van der Waals surface area contributed by atoms with E-state index < -0.39 is 0 Å². The van der Waals surface area contributed by atoms with Gasteiger partial charge >= 0.3 is 0 Å². The summed E-state index contributed by atoms with van der Waals surface area (Å²) in [5, 5.41) is 3.16. The third-order valence-corrected chi connectivity index (χ3v) is 3.90. The third kappa shape index (κ3) is 1.94. The van der Waals surface area contributed by atoms with Gasteiger partial charge in [-0.05, 0) is 19.3 Å². The zero-order chi connectivity index (χ0) is 10.3. The van der Waals surface area contributed by atoms with Gasteiger partial charge in [0.15, 0.2) is 0 Å². The Hall–Kier alpha value is -0.320. The highest BCUT2D eigenvalue weighted by molar-refractivity contribution is 5.85. The van der Waals surface area contributed by atoms with Crippen LogP contribution in [0, 0.1) is 5.92 Å². The Balaban J connectivity index is 0.000000963. The molecule has 5 heteroatoms. The maximum Gasteiger partial charge on any atom is 0.228 e. The fraction of sp³-hybridized carbons (Fsp3) is 0.909. The Bertz CT molecular complexity index is 271. The van der Waals surface area contributed by atoms with Crippen molar-refractivity contribution in [2.45, 2.75) is 31.4 Å². The number of hydrogen-bond acceptors (Lipinski definition) is 3. The molecule has 0 aromatic carbocycles. The summed E-state index contributed by atoms with van der Waals surface area (Å²) in [7, 11) is 0. The van der Waals surface area contributed by atoms with E-state index in [1.807, 2.05) is 0 Å². The van der Waals surface area contributed by atoms with E-state index in [9.17, 15) is 4.79 Å². The summed E-state index contributed by atoms with van der Waals surface area (Å²) in [6, 6.07) is 0.381. The lowest BCUT2D eigenvalue weighted by Crippen LogP contribution is -2.58. The smallest absolute Gasteiger partial charge is 0.228 e. The van der Waals surface area contributed by atoms with Crippen molar-refractivity contribution in [1.29, 1.82) is 0 Å². The van der Waals surface area contributed by atoms with Crippen LogP contribution in [-0.4, -0.2) is 49.2 Å². The fourth-order valence-electron chi connectivity index (χ4n) is 2.90. The average Bonchev–Trinajstić information content (AvgIpc) is 2.61. The summed E-state index contributed by atoms with van der Waals surface area (Å²) < 4.78 is 5.70. The fourth-order valence-corrected chi connectivity index (χ4v) is 2.90. The van der Waals surface area contributed by atoms with E-state index in [1.165, 1.54) is 6.42 Å². The number of carbonyl (C=O) groups is 1. The summed E-state index contributed by atoms with van der Waals surface area (Å²) in [6.07, 6.45) is 3.81. The first-order valence-corrected chi connectivity index (χ1v) is 5.99. The number of nitrogens with one attached hydrogen (secondary N) is 1. The second-order valence-electron chi connectivity index (χ2n) is 4.79. The Morgan fingerprint density at radius 2 is 2.12 bits per heavy atom. The van der Waals surface area contributed by atoms with Gasteiger partial charge in [-0.15, -0.1) is 12.4 Å². The summed E-state index contributed by atoms with van der Waals surface area (Å²) in [6.45, 7) is 3.27. The number of carbonyl (C=O) groups excluding carboxylic acids is 1. The van der Waals surface area contributed by atoms with Crippen LogP contribution in [-0.2, 0) is 9.53 Å². The molecule has 0 aromatic heterocycles. The Labute approximate surface area is 102 Å². The van der Waals surface area contributed by atoms with Crippen molar-refractivity contribution in [2.24, 2.45) is 5.92 Å². The molecule has 3 rings (SSSR count). The van der Waals surface area contributed by atoms with Crippen molar-refractivity contribution in [3.8, 4) is 0 Å². The van der Waals surface area contributed by atoms with Crippen LogP contribution in [0.4, 0.5) is 0 Å². The molecule has 2 atom stereocenters. The van der Waals surface area contributed by atoms with Gasteiger partial charge in [0, 0.05) is 19.6 Å². The van der Waals surface area contributed by atoms with Gasteiger partial charge in [0.25, 0.3) is 0 Å². The van der Waals surface area contributed by atoms with E-state index in [2.05, 4.69) is 10.2 Å². The highest BCUT2D eigenvalue weighted by atomic mass is 35.5. The van der Waals surface area contributed by atoms with Gasteiger partial charge < -0.3 is 15.0 Å². The summed E-state index contributed by atoms with van der Waals surface area (Å²) in [4.78, 5) is 14.2. The monoisotopic (exact) mass is 246 g/mol. The first-order chi connectivity index (χ1) is 7.36. The first-order valence-electron chi connectivity index (χ1n) is 5.99. The summed E-state index contributed by atoms with van der Waals surface area (Å²) in [5.74, 6) is 0.596. The van der Waals surface area contributed by atoms with Gasteiger partial charge in [-0.3, -0.25) is 4.79 Å².